The number of hydrogen-bond donors (Lipinski definition) is 2. The number of esters is 1. The second kappa shape index (κ2) is 5.03. The lowest BCUT2D eigenvalue weighted by Gasteiger charge is -2.04. The third-order valence-corrected chi connectivity index (χ3v) is 2.10. The lowest BCUT2D eigenvalue weighted by Crippen LogP contribution is -2.02. The lowest BCUT2D eigenvalue weighted by molar-refractivity contribution is -0.139. The summed E-state index contributed by atoms with van der Waals surface area (Å²) in [7, 11) is 1.32. The van der Waals surface area contributed by atoms with E-state index in [4.69, 9.17) is 11.5 Å². The Morgan fingerprint density at radius 3 is 2.88 bits per heavy atom. The van der Waals surface area contributed by atoms with Crippen molar-refractivity contribution in [2.75, 3.05) is 18.6 Å². The Hall–Kier alpha value is -2.22. The van der Waals surface area contributed by atoms with Crippen molar-refractivity contribution in [3.8, 4) is 11.8 Å². The van der Waals surface area contributed by atoms with E-state index in [-0.39, 0.29) is 18.2 Å². The smallest absolute Gasteiger partial charge is 0.317 e. The number of carbonyl (C=O) groups excluding carboxylic acids is 1. The van der Waals surface area contributed by atoms with Crippen molar-refractivity contribution in [2.45, 2.75) is 13.3 Å². The molecule has 0 aromatic carbocycles. The Bertz CT molecular complexity index is 472. The minimum Gasteiger partial charge on any atom is -0.468 e. The van der Waals surface area contributed by atoms with E-state index in [2.05, 4.69) is 21.6 Å². The van der Waals surface area contributed by atoms with Crippen LogP contribution < -0.4 is 11.5 Å². The van der Waals surface area contributed by atoms with Crippen molar-refractivity contribution in [2.24, 2.45) is 0 Å². The molecule has 0 aliphatic rings. The molecule has 0 aliphatic carbocycles. The van der Waals surface area contributed by atoms with Gasteiger partial charge in [0.25, 0.3) is 0 Å². The van der Waals surface area contributed by atoms with Crippen LogP contribution in [0.3, 0.4) is 0 Å². The highest BCUT2D eigenvalue weighted by Gasteiger charge is 2.03. The number of pyridine rings is 1. The Morgan fingerprint density at radius 2 is 2.25 bits per heavy atom. The summed E-state index contributed by atoms with van der Waals surface area (Å²) in [5, 5.41) is 0. The number of hydrogen-bond acceptors (Lipinski definition) is 5. The summed E-state index contributed by atoms with van der Waals surface area (Å²) in [4.78, 5) is 14.7. The number of nitrogen functional groups attached to an aromatic ring is 2. The van der Waals surface area contributed by atoms with E-state index >= 15 is 0 Å². The first-order valence-corrected chi connectivity index (χ1v) is 4.62. The number of nitrogens with two attached hydrogens (primary N) is 2. The molecule has 0 saturated carbocycles. The van der Waals surface area contributed by atoms with Gasteiger partial charge in [-0.05, 0) is 12.5 Å². The second-order valence-corrected chi connectivity index (χ2v) is 3.15. The number of nitrogens with zero attached hydrogens (tertiary/aromatic N) is 1. The van der Waals surface area contributed by atoms with E-state index in [1.807, 2.05) is 0 Å². The van der Waals surface area contributed by atoms with Crippen molar-refractivity contribution in [3.63, 3.8) is 0 Å². The highest BCUT2D eigenvalue weighted by molar-refractivity contribution is 5.73. The van der Waals surface area contributed by atoms with Gasteiger partial charge in [0.15, 0.2) is 0 Å². The minimum absolute atomic E-state index is 0.0419. The SMILES string of the molecule is COC(=O)CC#Cc1cnc(N)c(N)c1C. The van der Waals surface area contributed by atoms with Crippen molar-refractivity contribution >= 4 is 17.5 Å². The van der Waals surface area contributed by atoms with Crippen molar-refractivity contribution in [1.29, 1.82) is 0 Å². The zero-order valence-electron chi connectivity index (χ0n) is 9.20. The standard InChI is InChI=1S/C11H13N3O2/c1-7-8(4-3-5-9(15)16-2)6-14-11(13)10(7)12/h6H,5,12H2,1-2H3,(H2,13,14). The maximum absolute atomic E-state index is 10.8. The monoisotopic (exact) mass is 219 g/mol. The van der Waals surface area contributed by atoms with E-state index in [9.17, 15) is 4.79 Å². The Balaban J connectivity index is 2.90. The van der Waals surface area contributed by atoms with Gasteiger partial charge in [0, 0.05) is 11.8 Å². The zero-order valence-corrected chi connectivity index (χ0v) is 9.20. The van der Waals surface area contributed by atoms with Gasteiger partial charge >= 0.3 is 5.97 Å². The largest absolute Gasteiger partial charge is 0.468 e. The number of ether oxygens (including phenoxy) is 1. The molecule has 1 rings (SSSR count). The van der Waals surface area contributed by atoms with Crippen LogP contribution in [-0.4, -0.2) is 18.1 Å². The molecule has 0 fully saturated rings. The Morgan fingerprint density at radius 1 is 1.56 bits per heavy atom. The van der Waals surface area contributed by atoms with Crippen LogP contribution in [-0.2, 0) is 9.53 Å². The van der Waals surface area contributed by atoms with Crippen molar-refractivity contribution in [1.82, 2.24) is 4.98 Å². The molecule has 1 aromatic heterocycles. The van der Waals surface area contributed by atoms with Gasteiger partial charge in [-0.1, -0.05) is 11.8 Å². The van der Waals surface area contributed by atoms with Crippen LogP contribution >= 0.6 is 0 Å². The Labute approximate surface area is 93.8 Å². The summed E-state index contributed by atoms with van der Waals surface area (Å²) in [6, 6.07) is 0. The van der Waals surface area contributed by atoms with Crippen LogP contribution in [0.1, 0.15) is 17.5 Å². The normalized spacial score (nSPS) is 9.12. The maximum atomic E-state index is 10.8. The molecular weight excluding hydrogens is 206 g/mol. The molecule has 5 nitrogen and oxygen atoms in total. The number of rotatable bonds is 1. The molecule has 5 heteroatoms. The summed E-state index contributed by atoms with van der Waals surface area (Å²) < 4.78 is 4.46. The van der Waals surface area contributed by atoms with Crippen LogP contribution in [0.5, 0.6) is 0 Å². The lowest BCUT2D eigenvalue weighted by atomic mass is 10.1. The molecule has 0 aliphatic heterocycles. The topological polar surface area (TPSA) is 91.2 Å². The fourth-order valence-electron chi connectivity index (χ4n) is 1.05. The van der Waals surface area contributed by atoms with Crippen LogP contribution in [0.15, 0.2) is 6.20 Å². The molecular formula is C11H13N3O2. The molecule has 0 amide bonds. The first-order valence-electron chi connectivity index (χ1n) is 4.62. The third-order valence-electron chi connectivity index (χ3n) is 2.10. The van der Waals surface area contributed by atoms with E-state index in [1.54, 1.807) is 6.92 Å². The first kappa shape index (κ1) is 11.9. The van der Waals surface area contributed by atoms with E-state index in [0.29, 0.717) is 11.3 Å². The predicted octanol–water partition coefficient (Wildman–Crippen LogP) is 0.469. The van der Waals surface area contributed by atoms with Gasteiger partial charge < -0.3 is 16.2 Å². The quantitative estimate of drug-likeness (QED) is 0.529. The average Bonchev–Trinajstić information content (AvgIpc) is 2.29. The third kappa shape index (κ3) is 2.64. The molecule has 0 saturated heterocycles. The molecule has 0 bridgehead atoms. The summed E-state index contributed by atoms with van der Waals surface area (Å²) >= 11 is 0. The summed E-state index contributed by atoms with van der Waals surface area (Å²) in [6.45, 7) is 1.80. The van der Waals surface area contributed by atoms with Crippen LogP contribution in [0, 0.1) is 18.8 Å². The molecule has 0 radical (unpaired) electrons. The van der Waals surface area contributed by atoms with Gasteiger partial charge in [0.1, 0.15) is 12.2 Å². The predicted molar refractivity (Wildman–Crippen MR) is 61.3 cm³/mol. The van der Waals surface area contributed by atoms with Crippen LogP contribution in [0.2, 0.25) is 0 Å². The fourth-order valence-corrected chi connectivity index (χ4v) is 1.05. The van der Waals surface area contributed by atoms with E-state index < -0.39 is 0 Å². The zero-order chi connectivity index (χ0) is 12.1. The molecule has 1 aromatic rings. The van der Waals surface area contributed by atoms with Gasteiger partial charge in [-0.2, -0.15) is 0 Å². The molecule has 16 heavy (non-hydrogen) atoms. The van der Waals surface area contributed by atoms with Crippen LogP contribution in [0.4, 0.5) is 11.5 Å². The highest BCUT2D eigenvalue weighted by Crippen LogP contribution is 2.19. The highest BCUT2D eigenvalue weighted by atomic mass is 16.5. The molecule has 0 atom stereocenters. The fraction of sp³-hybridized carbons (Fsp3) is 0.273. The minimum atomic E-state index is -0.374. The van der Waals surface area contributed by atoms with Gasteiger partial charge in [-0.25, -0.2) is 4.98 Å². The molecule has 1 heterocycles. The van der Waals surface area contributed by atoms with E-state index in [1.165, 1.54) is 13.3 Å². The van der Waals surface area contributed by atoms with Gasteiger partial charge in [-0.15, -0.1) is 0 Å². The molecule has 84 valence electrons. The molecule has 4 N–H and O–H groups in total. The Kier molecular flexibility index (Phi) is 3.72. The summed E-state index contributed by atoms with van der Waals surface area (Å²) in [6.07, 6.45) is 1.57. The van der Waals surface area contributed by atoms with Crippen LogP contribution in [0.25, 0.3) is 0 Å². The number of carbonyl (C=O) groups is 1. The first-order chi connectivity index (χ1) is 7.56. The van der Waals surface area contributed by atoms with Crippen molar-refractivity contribution in [3.05, 3.63) is 17.3 Å². The van der Waals surface area contributed by atoms with E-state index in [0.717, 1.165) is 5.56 Å². The van der Waals surface area contributed by atoms with Gasteiger partial charge in [-0.3, -0.25) is 4.79 Å². The number of anilines is 2. The number of aromatic nitrogens is 1. The maximum Gasteiger partial charge on any atom is 0.317 e. The summed E-state index contributed by atoms with van der Waals surface area (Å²) in [5.74, 6) is 5.39. The van der Waals surface area contributed by atoms with Gasteiger partial charge in [0.05, 0.1) is 12.8 Å². The number of methoxy groups -OCH3 is 1. The van der Waals surface area contributed by atoms with Gasteiger partial charge in [0.2, 0.25) is 0 Å². The molecule has 0 spiro atoms. The summed E-state index contributed by atoms with van der Waals surface area (Å²) in [5.41, 5.74) is 13.1. The second-order valence-electron chi connectivity index (χ2n) is 3.15. The molecule has 0 unspecified atom stereocenters. The average molecular weight is 219 g/mol. The van der Waals surface area contributed by atoms with Crippen molar-refractivity contribution < 1.29 is 9.53 Å².